The standard InChI is InChI=1S/C12H9Cl2NO3/c1-18-11(17)6-15-3-2-10(16)12-8(14)4-7(13)5-9(12)15/h2-5H,6H2,1H3. The van der Waals surface area contributed by atoms with Crippen molar-refractivity contribution in [3.05, 3.63) is 44.7 Å². The Kier molecular flexibility index (Phi) is 3.59. The number of methoxy groups -OCH3 is 1. The molecule has 4 nitrogen and oxygen atoms in total. The Balaban J connectivity index is 2.72. The van der Waals surface area contributed by atoms with E-state index in [0.29, 0.717) is 15.9 Å². The van der Waals surface area contributed by atoms with Gasteiger partial charge in [0.2, 0.25) is 0 Å². The number of hydrogen-bond acceptors (Lipinski definition) is 3. The molecule has 0 radical (unpaired) electrons. The summed E-state index contributed by atoms with van der Waals surface area (Å²) in [5.74, 6) is -0.420. The molecule has 0 unspecified atom stereocenters. The number of carbonyl (C=O) groups is 1. The zero-order valence-electron chi connectivity index (χ0n) is 9.44. The molecule has 94 valence electrons. The fourth-order valence-electron chi connectivity index (χ4n) is 1.69. The Bertz CT molecular complexity index is 679. The van der Waals surface area contributed by atoms with E-state index in [0.717, 1.165) is 0 Å². The Morgan fingerprint density at radius 3 is 2.78 bits per heavy atom. The Morgan fingerprint density at radius 2 is 2.11 bits per heavy atom. The molecule has 0 fully saturated rings. The summed E-state index contributed by atoms with van der Waals surface area (Å²) in [6.07, 6.45) is 1.51. The number of aromatic nitrogens is 1. The zero-order valence-corrected chi connectivity index (χ0v) is 11.0. The van der Waals surface area contributed by atoms with Crippen molar-refractivity contribution in [1.82, 2.24) is 4.57 Å². The fraction of sp³-hybridized carbons (Fsp3) is 0.167. The maximum absolute atomic E-state index is 11.8. The van der Waals surface area contributed by atoms with E-state index < -0.39 is 5.97 Å². The van der Waals surface area contributed by atoms with E-state index in [1.165, 1.54) is 25.4 Å². The van der Waals surface area contributed by atoms with Crippen LogP contribution < -0.4 is 5.43 Å². The zero-order chi connectivity index (χ0) is 13.3. The summed E-state index contributed by atoms with van der Waals surface area (Å²) in [4.78, 5) is 23.1. The SMILES string of the molecule is COC(=O)Cn1ccc(=O)c2c(Cl)cc(Cl)cc21. The number of pyridine rings is 1. The molecule has 0 aliphatic carbocycles. The first-order valence-electron chi connectivity index (χ1n) is 5.08. The second kappa shape index (κ2) is 5.00. The van der Waals surface area contributed by atoms with Crippen molar-refractivity contribution in [3.8, 4) is 0 Å². The Morgan fingerprint density at radius 1 is 1.39 bits per heavy atom. The van der Waals surface area contributed by atoms with Gasteiger partial charge in [0.15, 0.2) is 5.43 Å². The van der Waals surface area contributed by atoms with Crippen LogP contribution in [0.1, 0.15) is 0 Å². The molecule has 0 N–H and O–H groups in total. The molecule has 2 aromatic rings. The van der Waals surface area contributed by atoms with Gasteiger partial charge in [-0.15, -0.1) is 0 Å². The number of hydrogen-bond donors (Lipinski definition) is 0. The van der Waals surface area contributed by atoms with Crippen LogP contribution in [0, 0.1) is 0 Å². The summed E-state index contributed by atoms with van der Waals surface area (Å²) in [7, 11) is 1.30. The summed E-state index contributed by atoms with van der Waals surface area (Å²) in [6.45, 7) is -0.00997. The number of carbonyl (C=O) groups excluding carboxylic acids is 1. The van der Waals surface area contributed by atoms with E-state index in [1.54, 1.807) is 10.6 Å². The summed E-state index contributed by atoms with van der Waals surface area (Å²) < 4.78 is 6.16. The molecular formula is C12H9Cl2NO3. The minimum absolute atomic E-state index is 0.00997. The maximum Gasteiger partial charge on any atom is 0.325 e. The van der Waals surface area contributed by atoms with Crippen molar-refractivity contribution in [2.75, 3.05) is 7.11 Å². The number of ether oxygens (including phenoxy) is 1. The minimum atomic E-state index is -0.420. The van der Waals surface area contributed by atoms with Crippen LogP contribution in [0.15, 0.2) is 29.2 Å². The van der Waals surface area contributed by atoms with Crippen LogP contribution in [0.3, 0.4) is 0 Å². The normalized spacial score (nSPS) is 10.6. The average Bonchev–Trinajstić information content (AvgIpc) is 2.31. The number of halogens is 2. The predicted octanol–water partition coefficient (Wildman–Crippen LogP) is 2.48. The van der Waals surface area contributed by atoms with Gasteiger partial charge in [-0.05, 0) is 12.1 Å². The first-order valence-corrected chi connectivity index (χ1v) is 5.83. The quantitative estimate of drug-likeness (QED) is 0.797. The maximum atomic E-state index is 11.8. The lowest BCUT2D eigenvalue weighted by atomic mass is 10.2. The van der Waals surface area contributed by atoms with Crippen LogP contribution in [0.2, 0.25) is 10.0 Å². The van der Waals surface area contributed by atoms with Gasteiger partial charge in [0.1, 0.15) is 6.54 Å². The molecule has 0 saturated heterocycles. The predicted molar refractivity (Wildman–Crippen MR) is 70.2 cm³/mol. The van der Waals surface area contributed by atoms with Gasteiger partial charge in [0.25, 0.3) is 0 Å². The third-order valence-corrected chi connectivity index (χ3v) is 3.04. The van der Waals surface area contributed by atoms with Crippen LogP contribution in [-0.2, 0) is 16.1 Å². The van der Waals surface area contributed by atoms with Gasteiger partial charge in [-0.25, -0.2) is 0 Å². The molecule has 18 heavy (non-hydrogen) atoms. The molecule has 0 amide bonds. The van der Waals surface area contributed by atoms with Crippen molar-refractivity contribution in [1.29, 1.82) is 0 Å². The fourth-order valence-corrected chi connectivity index (χ4v) is 2.27. The van der Waals surface area contributed by atoms with E-state index in [2.05, 4.69) is 4.74 Å². The number of fused-ring (bicyclic) bond motifs is 1. The van der Waals surface area contributed by atoms with Gasteiger partial charge in [0, 0.05) is 17.3 Å². The lowest BCUT2D eigenvalue weighted by Gasteiger charge is -2.10. The highest BCUT2D eigenvalue weighted by Gasteiger charge is 2.10. The second-order valence-electron chi connectivity index (χ2n) is 3.67. The monoisotopic (exact) mass is 285 g/mol. The van der Waals surface area contributed by atoms with Crippen LogP contribution >= 0.6 is 23.2 Å². The largest absolute Gasteiger partial charge is 0.468 e. The first kappa shape index (κ1) is 12.9. The average molecular weight is 286 g/mol. The highest BCUT2D eigenvalue weighted by molar-refractivity contribution is 6.38. The van der Waals surface area contributed by atoms with Gasteiger partial charge in [-0.2, -0.15) is 0 Å². The number of nitrogens with zero attached hydrogens (tertiary/aromatic N) is 1. The topological polar surface area (TPSA) is 48.3 Å². The molecule has 0 aliphatic rings. The smallest absolute Gasteiger partial charge is 0.325 e. The van der Waals surface area contributed by atoms with Gasteiger partial charge in [-0.1, -0.05) is 23.2 Å². The molecular weight excluding hydrogens is 277 g/mol. The minimum Gasteiger partial charge on any atom is -0.468 e. The van der Waals surface area contributed by atoms with Crippen molar-refractivity contribution in [2.45, 2.75) is 6.54 Å². The van der Waals surface area contributed by atoms with Crippen molar-refractivity contribution in [2.24, 2.45) is 0 Å². The molecule has 1 aromatic carbocycles. The molecule has 0 aliphatic heterocycles. The summed E-state index contributed by atoms with van der Waals surface area (Å²) in [5, 5.41) is 1.01. The van der Waals surface area contributed by atoms with Crippen molar-refractivity contribution >= 4 is 40.1 Å². The van der Waals surface area contributed by atoms with Gasteiger partial charge in [0.05, 0.1) is 23.0 Å². The summed E-state index contributed by atoms with van der Waals surface area (Å²) >= 11 is 11.9. The Labute approximate surface area is 113 Å². The van der Waals surface area contributed by atoms with Crippen LogP contribution in [-0.4, -0.2) is 17.6 Å². The summed E-state index contributed by atoms with van der Waals surface area (Å²) in [5.41, 5.74) is 0.290. The molecule has 1 aromatic heterocycles. The third kappa shape index (κ3) is 2.35. The van der Waals surface area contributed by atoms with Gasteiger partial charge < -0.3 is 9.30 Å². The van der Waals surface area contributed by atoms with Crippen molar-refractivity contribution < 1.29 is 9.53 Å². The van der Waals surface area contributed by atoms with E-state index in [1.807, 2.05) is 0 Å². The second-order valence-corrected chi connectivity index (χ2v) is 4.51. The van der Waals surface area contributed by atoms with Crippen LogP contribution in [0.25, 0.3) is 10.9 Å². The molecule has 0 saturated carbocycles. The lowest BCUT2D eigenvalue weighted by Crippen LogP contribution is -2.15. The van der Waals surface area contributed by atoms with Gasteiger partial charge in [-0.3, -0.25) is 9.59 Å². The Hall–Kier alpha value is -1.52. The molecule has 0 bridgehead atoms. The molecule has 0 spiro atoms. The number of benzene rings is 1. The van der Waals surface area contributed by atoms with Crippen LogP contribution in [0.5, 0.6) is 0 Å². The number of rotatable bonds is 2. The molecule has 6 heteroatoms. The van der Waals surface area contributed by atoms with E-state index >= 15 is 0 Å². The van der Waals surface area contributed by atoms with E-state index in [4.69, 9.17) is 23.2 Å². The highest BCUT2D eigenvalue weighted by atomic mass is 35.5. The summed E-state index contributed by atoms with van der Waals surface area (Å²) in [6, 6.07) is 4.44. The van der Waals surface area contributed by atoms with Crippen molar-refractivity contribution in [3.63, 3.8) is 0 Å². The van der Waals surface area contributed by atoms with Crippen LogP contribution in [0.4, 0.5) is 0 Å². The lowest BCUT2D eigenvalue weighted by molar-refractivity contribution is -0.141. The van der Waals surface area contributed by atoms with E-state index in [9.17, 15) is 9.59 Å². The molecule has 2 rings (SSSR count). The highest BCUT2D eigenvalue weighted by Crippen LogP contribution is 2.25. The van der Waals surface area contributed by atoms with E-state index in [-0.39, 0.29) is 17.0 Å². The molecule has 0 atom stereocenters. The molecule has 1 heterocycles. The third-order valence-electron chi connectivity index (χ3n) is 2.52. The van der Waals surface area contributed by atoms with Gasteiger partial charge >= 0.3 is 5.97 Å². The number of esters is 1. The first-order chi connectivity index (χ1) is 8.52.